The zero-order chi connectivity index (χ0) is 26.0. The molecule has 37 heavy (non-hydrogen) atoms. The fourth-order valence-corrected chi connectivity index (χ4v) is 6.86. The van der Waals surface area contributed by atoms with E-state index >= 15 is 0 Å². The molecule has 4 aromatic rings. The fraction of sp³-hybridized carbons (Fsp3) is 0.267. The van der Waals surface area contributed by atoms with Crippen molar-refractivity contribution < 1.29 is 18.3 Å². The number of nitrogens with zero attached hydrogens (tertiary/aromatic N) is 2. The number of hydrogen-bond donors (Lipinski definition) is 1. The normalized spacial score (nSPS) is 18.8. The summed E-state index contributed by atoms with van der Waals surface area (Å²) < 4.78 is 34.2. The van der Waals surface area contributed by atoms with E-state index in [4.69, 9.17) is 4.74 Å². The highest BCUT2D eigenvalue weighted by Gasteiger charge is 2.34. The first-order valence-corrected chi connectivity index (χ1v) is 14.0. The van der Waals surface area contributed by atoms with Gasteiger partial charge in [-0.15, -0.1) is 0 Å². The Balaban J connectivity index is 1.45. The molecule has 3 aromatic carbocycles. The second-order valence-corrected chi connectivity index (χ2v) is 11.3. The molecule has 1 aliphatic rings. The van der Waals surface area contributed by atoms with Gasteiger partial charge in [-0.1, -0.05) is 60.2 Å². The summed E-state index contributed by atoms with van der Waals surface area (Å²) in [5.74, 6) is 0.659. The number of ether oxygens (including phenoxy) is 1. The van der Waals surface area contributed by atoms with Crippen LogP contribution in [-0.2, 0) is 16.6 Å². The molecule has 0 amide bonds. The Hall–Kier alpha value is -3.39. The Morgan fingerprint density at radius 1 is 1.03 bits per heavy atom. The molecule has 6 nitrogen and oxygen atoms in total. The number of allylic oxidation sites excluding steroid dienone is 1. The molecule has 1 aliphatic heterocycles. The molecule has 0 aliphatic carbocycles. The van der Waals surface area contributed by atoms with Crippen molar-refractivity contribution in [3.63, 3.8) is 0 Å². The highest BCUT2D eigenvalue weighted by Crippen LogP contribution is 2.38. The van der Waals surface area contributed by atoms with E-state index in [-0.39, 0.29) is 10.8 Å². The maximum absolute atomic E-state index is 13.8. The summed E-state index contributed by atoms with van der Waals surface area (Å²) in [6.45, 7) is 4.31. The highest BCUT2D eigenvalue weighted by molar-refractivity contribution is 7.90. The van der Waals surface area contributed by atoms with Crippen LogP contribution in [0, 0.1) is 5.92 Å². The molecular weight excluding hydrogens is 484 g/mol. The standard InChI is InChI=1S/C30H32N2O4S/c1-3-23-21-31(20-22-13-15-25(36-2)16-14-22)18-17-27(23)30(33)29-19-24-9-7-8-12-28(24)32(29)37(34,35)26-10-5-4-6-11-26/h3-16,19,27,30,33H,17-18,20-21H2,1-2H3/b23-3-/t27-,30?/m1/s1. The lowest BCUT2D eigenvalue weighted by molar-refractivity contribution is 0.0866. The Morgan fingerprint density at radius 3 is 2.43 bits per heavy atom. The SMILES string of the molecule is C/C=C1/CN(Cc2ccc(OC)cc2)CC[C@H]1C(O)c1cc2ccccc2n1S(=O)(=O)c1ccccc1. The number of aliphatic hydroxyl groups excluding tert-OH is 1. The molecule has 0 saturated carbocycles. The molecule has 192 valence electrons. The van der Waals surface area contributed by atoms with Crippen LogP contribution in [0.3, 0.4) is 0 Å². The number of hydrogen-bond acceptors (Lipinski definition) is 5. The quantitative estimate of drug-likeness (QED) is 0.334. The van der Waals surface area contributed by atoms with Gasteiger partial charge in [0.15, 0.2) is 0 Å². The molecule has 1 N–H and O–H groups in total. The molecule has 1 unspecified atom stereocenters. The van der Waals surface area contributed by atoms with Crippen LogP contribution >= 0.6 is 0 Å². The van der Waals surface area contributed by atoms with E-state index in [0.29, 0.717) is 11.2 Å². The van der Waals surface area contributed by atoms with Gasteiger partial charge >= 0.3 is 0 Å². The lowest BCUT2D eigenvalue weighted by Gasteiger charge is -2.37. The van der Waals surface area contributed by atoms with Crippen LogP contribution in [0.4, 0.5) is 0 Å². The fourth-order valence-electron chi connectivity index (χ4n) is 5.28. The van der Waals surface area contributed by atoms with Gasteiger partial charge < -0.3 is 9.84 Å². The van der Waals surface area contributed by atoms with Gasteiger partial charge in [0.1, 0.15) is 11.9 Å². The van der Waals surface area contributed by atoms with Crippen molar-refractivity contribution in [1.29, 1.82) is 0 Å². The zero-order valence-electron chi connectivity index (χ0n) is 21.1. The van der Waals surface area contributed by atoms with E-state index in [2.05, 4.69) is 23.1 Å². The second-order valence-electron chi connectivity index (χ2n) is 9.47. The van der Waals surface area contributed by atoms with Crippen LogP contribution in [0.5, 0.6) is 5.75 Å². The third-order valence-electron chi connectivity index (χ3n) is 7.23. The lowest BCUT2D eigenvalue weighted by Crippen LogP contribution is -2.37. The largest absolute Gasteiger partial charge is 0.497 e. The van der Waals surface area contributed by atoms with Gasteiger partial charge in [0.05, 0.1) is 23.2 Å². The topological polar surface area (TPSA) is 71.8 Å². The number of aromatic nitrogens is 1. The van der Waals surface area contributed by atoms with E-state index in [0.717, 1.165) is 42.8 Å². The van der Waals surface area contributed by atoms with Gasteiger partial charge in [0.2, 0.25) is 0 Å². The zero-order valence-corrected chi connectivity index (χ0v) is 21.9. The molecular formula is C30H32N2O4S. The van der Waals surface area contributed by atoms with Crippen molar-refractivity contribution in [2.75, 3.05) is 20.2 Å². The van der Waals surface area contributed by atoms with Gasteiger partial charge in [-0.2, -0.15) is 0 Å². The first kappa shape index (κ1) is 25.3. The Kier molecular flexibility index (Phi) is 7.20. The van der Waals surface area contributed by atoms with Crippen molar-refractivity contribution in [2.45, 2.75) is 30.9 Å². The summed E-state index contributed by atoms with van der Waals surface area (Å²) in [4.78, 5) is 2.56. The Labute approximate surface area is 218 Å². The van der Waals surface area contributed by atoms with Crippen LogP contribution in [-0.4, -0.2) is 42.6 Å². The Morgan fingerprint density at radius 2 is 1.73 bits per heavy atom. The van der Waals surface area contributed by atoms with Crippen molar-refractivity contribution >= 4 is 20.9 Å². The molecule has 2 heterocycles. The molecule has 1 aromatic heterocycles. The summed E-state index contributed by atoms with van der Waals surface area (Å²) in [7, 11) is -2.24. The number of benzene rings is 3. The predicted molar refractivity (Wildman–Crippen MR) is 146 cm³/mol. The maximum Gasteiger partial charge on any atom is 0.268 e. The molecule has 0 radical (unpaired) electrons. The number of fused-ring (bicyclic) bond motifs is 1. The van der Waals surface area contributed by atoms with Gasteiger partial charge in [-0.25, -0.2) is 12.4 Å². The van der Waals surface area contributed by atoms with E-state index in [1.807, 2.05) is 43.3 Å². The van der Waals surface area contributed by atoms with Gasteiger partial charge in [0, 0.05) is 24.4 Å². The van der Waals surface area contributed by atoms with E-state index < -0.39 is 16.1 Å². The monoisotopic (exact) mass is 516 g/mol. The summed E-state index contributed by atoms with van der Waals surface area (Å²) in [5, 5.41) is 12.5. The van der Waals surface area contributed by atoms with E-state index in [1.165, 1.54) is 9.54 Å². The third-order valence-corrected chi connectivity index (χ3v) is 8.99. The number of piperidine rings is 1. The van der Waals surface area contributed by atoms with Crippen LogP contribution < -0.4 is 4.74 Å². The molecule has 1 fully saturated rings. The summed E-state index contributed by atoms with van der Waals surface area (Å²) >= 11 is 0. The minimum absolute atomic E-state index is 0.175. The van der Waals surface area contributed by atoms with Crippen LogP contribution in [0.15, 0.2) is 101 Å². The number of rotatable bonds is 7. The predicted octanol–water partition coefficient (Wildman–Crippen LogP) is 5.39. The van der Waals surface area contributed by atoms with Crippen LogP contribution in [0.2, 0.25) is 0 Å². The van der Waals surface area contributed by atoms with Gasteiger partial charge in [0.25, 0.3) is 10.0 Å². The summed E-state index contributed by atoms with van der Waals surface area (Å²) in [6, 6.07) is 25.7. The molecule has 5 rings (SSSR count). The molecule has 2 atom stereocenters. The highest BCUT2D eigenvalue weighted by atomic mass is 32.2. The summed E-state index contributed by atoms with van der Waals surface area (Å²) in [6.07, 6.45) is 1.83. The lowest BCUT2D eigenvalue weighted by atomic mass is 9.84. The Bertz CT molecular complexity index is 1510. The van der Waals surface area contributed by atoms with Crippen molar-refractivity contribution in [3.8, 4) is 5.75 Å². The second kappa shape index (κ2) is 10.5. The molecule has 7 heteroatoms. The van der Waals surface area contributed by atoms with Crippen molar-refractivity contribution in [3.05, 3.63) is 108 Å². The van der Waals surface area contributed by atoms with Crippen molar-refractivity contribution in [1.82, 2.24) is 8.87 Å². The molecule has 1 saturated heterocycles. The van der Waals surface area contributed by atoms with Crippen molar-refractivity contribution in [2.24, 2.45) is 5.92 Å². The smallest absolute Gasteiger partial charge is 0.268 e. The summed E-state index contributed by atoms with van der Waals surface area (Å²) in [5.41, 5.74) is 3.28. The first-order chi connectivity index (χ1) is 17.9. The minimum Gasteiger partial charge on any atom is -0.497 e. The van der Waals surface area contributed by atoms with Crippen LogP contribution in [0.1, 0.15) is 30.7 Å². The molecule has 0 spiro atoms. The van der Waals surface area contributed by atoms with E-state index in [9.17, 15) is 13.5 Å². The minimum atomic E-state index is -3.90. The number of para-hydroxylation sites is 1. The average molecular weight is 517 g/mol. The van der Waals surface area contributed by atoms with Gasteiger partial charge in [-0.3, -0.25) is 4.90 Å². The average Bonchev–Trinajstić information content (AvgIpc) is 3.34. The maximum atomic E-state index is 13.8. The molecule has 0 bridgehead atoms. The van der Waals surface area contributed by atoms with Crippen LogP contribution in [0.25, 0.3) is 10.9 Å². The van der Waals surface area contributed by atoms with E-state index in [1.54, 1.807) is 43.5 Å². The number of aliphatic hydroxyl groups is 1. The number of likely N-dealkylation sites (tertiary alicyclic amines) is 1. The first-order valence-electron chi connectivity index (χ1n) is 12.5. The third kappa shape index (κ3) is 4.94. The number of methoxy groups -OCH3 is 1. The van der Waals surface area contributed by atoms with Gasteiger partial charge in [-0.05, 0) is 61.9 Å².